The molecule has 0 saturated heterocycles. The molecule has 0 atom stereocenters. The summed E-state index contributed by atoms with van der Waals surface area (Å²) in [7, 11) is 3.50. The third-order valence-electron chi connectivity index (χ3n) is 4.31. The first-order chi connectivity index (χ1) is 12.8. The Morgan fingerprint density at radius 3 is 2.00 bits per heavy atom. The van der Waals surface area contributed by atoms with E-state index in [4.69, 9.17) is 4.74 Å². The lowest BCUT2D eigenvalue weighted by Gasteiger charge is -2.10. The number of hydrogen-bond acceptors (Lipinski definition) is 2. The van der Waals surface area contributed by atoms with E-state index in [9.17, 15) is 4.79 Å². The number of carbonyl (C=O) groups is 1. The average Bonchev–Trinajstić information content (AvgIpc) is 2.61. The summed E-state index contributed by atoms with van der Waals surface area (Å²) >= 11 is 0. The van der Waals surface area contributed by atoms with Gasteiger partial charge in [-0.3, -0.25) is 4.79 Å². The van der Waals surface area contributed by atoms with Gasteiger partial charge in [0.2, 0.25) is 0 Å². The summed E-state index contributed by atoms with van der Waals surface area (Å²) in [6, 6.07) is 7.30. The third kappa shape index (κ3) is 9.83. The standard InChI is InChI=1S/C24H35NO2/c1-19(2)9-7-10-20(3)11-8-12-21(4)17-18-27-23-15-13-22(14-16-23)24(26)25(5)6/h9,11,13-17H,7-8,10,12,18H2,1-6H3/b20-11+,21-17+. The van der Waals surface area contributed by atoms with Crippen molar-refractivity contribution >= 4 is 5.91 Å². The summed E-state index contributed by atoms with van der Waals surface area (Å²) in [6.45, 7) is 9.20. The van der Waals surface area contributed by atoms with Crippen LogP contribution in [-0.2, 0) is 0 Å². The zero-order valence-corrected chi connectivity index (χ0v) is 17.8. The van der Waals surface area contributed by atoms with Gasteiger partial charge < -0.3 is 9.64 Å². The van der Waals surface area contributed by atoms with Crippen molar-refractivity contribution in [3.63, 3.8) is 0 Å². The van der Waals surface area contributed by atoms with Crippen LogP contribution >= 0.6 is 0 Å². The Hall–Kier alpha value is -2.29. The van der Waals surface area contributed by atoms with Gasteiger partial charge in [-0.2, -0.15) is 0 Å². The topological polar surface area (TPSA) is 29.5 Å². The highest BCUT2D eigenvalue weighted by Crippen LogP contribution is 2.14. The molecule has 0 bridgehead atoms. The van der Waals surface area contributed by atoms with Gasteiger partial charge in [-0.25, -0.2) is 0 Å². The lowest BCUT2D eigenvalue weighted by atomic mass is 10.1. The summed E-state index contributed by atoms with van der Waals surface area (Å²) in [4.78, 5) is 13.4. The Morgan fingerprint density at radius 2 is 1.44 bits per heavy atom. The van der Waals surface area contributed by atoms with Crippen LogP contribution in [-0.4, -0.2) is 31.5 Å². The molecule has 1 aromatic rings. The van der Waals surface area contributed by atoms with Crippen molar-refractivity contribution in [2.45, 2.75) is 53.4 Å². The van der Waals surface area contributed by atoms with Crippen molar-refractivity contribution in [1.82, 2.24) is 4.90 Å². The normalized spacial score (nSPS) is 11.9. The molecule has 0 aliphatic rings. The Kier molecular flexibility index (Phi) is 10.2. The highest BCUT2D eigenvalue weighted by molar-refractivity contribution is 5.93. The van der Waals surface area contributed by atoms with E-state index in [-0.39, 0.29) is 5.91 Å². The first-order valence-electron chi connectivity index (χ1n) is 9.68. The second-order valence-electron chi connectivity index (χ2n) is 7.49. The van der Waals surface area contributed by atoms with Gasteiger partial charge in [0.25, 0.3) is 5.91 Å². The van der Waals surface area contributed by atoms with Crippen LogP contribution in [0.2, 0.25) is 0 Å². The second-order valence-corrected chi connectivity index (χ2v) is 7.49. The fourth-order valence-corrected chi connectivity index (χ4v) is 2.57. The van der Waals surface area contributed by atoms with Gasteiger partial charge in [-0.05, 0) is 83.7 Å². The van der Waals surface area contributed by atoms with Gasteiger partial charge in [-0.15, -0.1) is 0 Å². The molecule has 0 aliphatic carbocycles. The number of hydrogen-bond donors (Lipinski definition) is 0. The largest absolute Gasteiger partial charge is 0.490 e. The van der Waals surface area contributed by atoms with E-state index in [1.807, 2.05) is 12.1 Å². The minimum atomic E-state index is 0.00138. The molecule has 0 N–H and O–H groups in total. The van der Waals surface area contributed by atoms with Crippen LogP contribution in [0.3, 0.4) is 0 Å². The quantitative estimate of drug-likeness (QED) is 0.460. The Labute approximate surface area is 165 Å². The maximum atomic E-state index is 11.9. The van der Waals surface area contributed by atoms with E-state index in [0.717, 1.165) is 31.4 Å². The highest BCUT2D eigenvalue weighted by atomic mass is 16.5. The highest BCUT2D eigenvalue weighted by Gasteiger charge is 2.07. The van der Waals surface area contributed by atoms with Crippen molar-refractivity contribution in [1.29, 1.82) is 0 Å². The predicted octanol–water partition coefficient (Wildman–Crippen LogP) is 6.19. The number of ether oxygens (including phenoxy) is 1. The molecule has 0 fully saturated rings. The van der Waals surface area contributed by atoms with Gasteiger partial charge in [0.15, 0.2) is 0 Å². The number of benzene rings is 1. The Morgan fingerprint density at radius 1 is 0.889 bits per heavy atom. The second kappa shape index (κ2) is 12.2. The fourth-order valence-electron chi connectivity index (χ4n) is 2.57. The summed E-state index contributed by atoms with van der Waals surface area (Å²) in [6.07, 6.45) is 11.2. The zero-order chi connectivity index (χ0) is 20.2. The van der Waals surface area contributed by atoms with Gasteiger partial charge in [-0.1, -0.05) is 28.9 Å². The molecule has 0 radical (unpaired) electrons. The number of nitrogens with zero attached hydrogens (tertiary/aromatic N) is 1. The summed E-state index contributed by atoms with van der Waals surface area (Å²) < 4.78 is 5.75. The Bertz CT molecular complexity index is 675. The molecular formula is C24H35NO2. The van der Waals surface area contributed by atoms with Gasteiger partial charge >= 0.3 is 0 Å². The van der Waals surface area contributed by atoms with Crippen LogP contribution in [0.5, 0.6) is 5.75 Å². The molecule has 3 heteroatoms. The molecule has 0 aromatic heterocycles. The van der Waals surface area contributed by atoms with Crippen LogP contribution in [0.4, 0.5) is 0 Å². The summed E-state index contributed by atoms with van der Waals surface area (Å²) in [5, 5.41) is 0. The molecule has 0 aliphatic heterocycles. The molecule has 148 valence electrons. The van der Waals surface area contributed by atoms with E-state index in [2.05, 4.69) is 45.9 Å². The van der Waals surface area contributed by atoms with E-state index in [0.29, 0.717) is 12.2 Å². The van der Waals surface area contributed by atoms with Gasteiger partial charge in [0.1, 0.15) is 12.4 Å². The third-order valence-corrected chi connectivity index (χ3v) is 4.31. The lowest BCUT2D eigenvalue weighted by molar-refractivity contribution is 0.0827. The van der Waals surface area contributed by atoms with Crippen LogP contribution in [0.1, 0.15) is 63.7 Å². The molecule has 27 heavy (non-hydrogen) atoms. The fraction of sp³-hybridized carbons (Fsp3) is 0.458. The maximum absolute atomic E-state index is 11.9. The van der Waals surface area contributed by atoms with Crippen molar-refractivity contribution in [3.05, 3.63) is 64.8 Å². The summed E-state index contributed by atoms with van der Waals surface area (Å²) in [5.74, 6) is 0.783. The molecule has 0 saturated carbocycles. The van der Waals surface area contributed by atoms with E-state index >= 15 is 0 Å². The average molecular weight is 370 g/mol. The van der Waals surface area contributed by atoms with Crippen LogP contribution in [0, 0.1) is 0 Å². The first kappa shape index (κ1) is 22.8. The maximum Gasteiger partial charge on any atom is 0.253 e. The smallest absolute Gasteiger partial charge is 0.253 e. The van der Waals surface area contributed by atoms with E-state index in [1.54, 1.807) is 31.1 Å². The van der Waals surface area contributed by atoms with E-state index in [1.165, 1.54) is 16.7 Å². The number of rotatable bonds is 10. The molecular weight excluding hydrogens is 334 g/mol. The molecule has 3 nitrogen and oxygen atoms in total. The first-order valence-corrected chi connectivity index (χ1v) is 9.68. The number of allylic oxidation sites excluding steroid dienone is 5. The molecule has 1 amide bonds. The molecule has 1 rings (SSSR count). The number of amides is 1. The van der Waals surface area contributed by atoms with Crippen LogP contribution in [0.15, 0.2) is 59.2 Å². The monoisotopic (exact) mass is 369 g/mol. The van der Waals surface area contributed by atoms with Crippen LogP contribution in [0.25, 0.3) is 0 Å². The Balaban J connectivity index is 2.36. The molecule has 0 unspecified atom stereocenters. The lowest BCUT2D eigenvalue weighted by Crippen LogP contribution is -2.21. The molecule has 0 heterocycles. The summed E-state index contributed by atoms with van der Waals surface area (Å²) in [5.41, 5.74) is 4.86. The zero-order valence-electron chi connectivity index (χ0n) is 17.8. The van der Waals surface area contributed by atoms with Crippen molar-refractivity contribution < 1.29 is 9.53 Å². The van der Waals surface area contributed by atoms with E-state index < -0.39 is 0 Å². The van der Waals surface area contributed by atoms with Crippen LogP contribution < -0.4 is 4.74 Å². The molecule has 1 aromatic carbocycles. The van der Waals surface area contributed by atoms with Gasteiger partial charge in [0.05, 0.1) is 0 Å². The van der Waals surface area contributed by atoms with Gasteiger partial charge in [0, 0.05) is 19.7 Å². The number of carbonyl (C=O) groups excluding carboxylic acids is 1. The molecule has 0 spiro atoms. The minimum absolute atomic E-state index is 0.00138. The predicted molar refractivity (Wildman–Crippen MR) is 115 cm³/mol. The SMILES string of the molecule is CC(C)=CCC/C(C)=C/CC/C(C)=C/COc1ccc(C(=O)N(C)C)cc1. The van der Waals surface area contributed by atoms with Crippen molar-refractivity contribution in [2.24, 2.45) is 0 Å². The van der Waals surface area contributed by atoms with Crippen molar-refractivity contribution in [3.8, 4) is 5.75 Å². The minimum Gasteiger partial charge on any atom is -0.490 e. The van der Waals surface area contributed by atoms with Crippen molar-refractivity contribution in [2.75, 3.05) is 20.7 Å².